The number of nitrogens with two attached hydrogens (primary N) is 1. The van der Waals surface area contributed by atoms with Crippen molar-refractivity contribution in [1.82, 2.24) is 15.1 Å². The van der Waals surface area contributed by atoms with Crippen LogP contribution in [0.3, 0.4) is 0 Å². The van der Waals surface area contributed by atoms with Crippen LogP contribution in [-0.4, -0.2) is 35.2 Å². The Morgan fingerprint density at radius 1 is 1.31 bits per heavy atom. The zero-order valence-electron chi connectivity index (χ0n) is 15.9. The fourth-order valence-corrected chi connectivity index (χ4v) is 4.76. The molecule has 0 bridgehead atoms. The molecule has 2 aromatic rings. The molecule has 0 aliphatic heterocycles. The minimum absolute atomic E-state index is 0.0177. The second kappa shape index (κ2) is 8.54. The number of likely N-dealkylation sites (N-methyl/N-ethyl adjacent to an activating group) is 1. The monoisotopic (exact) mass is 429 g/mol. The molecule has 2 heterocycles. The molecule has 29 heavy (non-hydrogen) atoms. The van der Waals surface area contributed by atoms with Crippen molar-refractivity contribution in [3.05, 3.63) is 33.5 Å². The van der Waals surface area contributed by atoms with Crippen LogP contribution in [0.25, 0.3) is 0 Å². The maximum Gasteiger partial charge on any atom is 0.435 e. The van der Waals surface area contributed by atoms with Crippen LogP contribution in [0.15, 0.2) is 6.20 Å². The summed E-state index contributed by atoms with van der Waals surface area (Å²) in [5.41, 5.74) is 5.70. The van der Waals surface area contributed by atoms with Gasteiger partial charge in [0.15, 0.2) is 5.69 Å². The van der Waals surface area contributed by atoms with Crippen molar-refractivity contribution in [2.75, 3.05) is 18.9 Å². The van der Waals surface area contributed by atoms with Gasteiger partial charge in [-0.05, 0) is 51.3 Å². The SMILES string of the molecule is CNCCc1cn(CC(=O)Nc2sc3c(c2C(N)=O)CCCC3)nc1C(F)(F)F. The predicted octanol–water partition coefficient (Wildman–Crippen LogP) is 2.34. The lowest BCUT2D eigenvalue weighted by Crippen LogP contribution is -2.22. The number of alkyl halides is 3. The van der Waals surface area contributed by atoms with E-state index in [1.165, 1.54) is 17.5 Å². The van der Waals surface area contributed by atoms with E-state index in [9.17, 15) is 22.8 Å². The first kappa shape index (κ1) is 21.3. The van der Waals surface area contributed by atoms with Gasteiger partial charge in [0.25, 0.3) is 5.91 Å². The number of hydrogen-bond acceptors (Lipinski definition) is 5. The molecule has 0 fully saturated rings. The molecule has 0 atom stereocenters. The third-order valence-electron chi connectivity index (χ3n) is 4.73. The van der Waals surface area contributed by atoms with Crippen LogP contribution in [0, 0.1) is 0 Å². The molecule has 3 rings (SSSR count). The van der Waals surface area contributed by atoms with Crippen molar-refractivity contribution in [2.45, 2.75) is 44.8 Å². The van der Waals surface area contributed by atoms with E-state index >= 15 is 0 Å². The lowest BCUT2D eigenvalue weighted by molar-refractivity contribution is -0.142. The van der Waals surface area contributed by atoms with Crippen LogP contribution < -0.4 is 16.4 Å². The summed E-state index contributed by atoms with van der Waals surface area (Å²) in [4.78, 5) is 25.3. The van der Waals surface area contributed by atoms with Gasteiger partial charge in [-0.2, -0.15) is 18.3 Å². The molecular formula is C18H22F3N5O2S. The Labute approximate surface area is 169 Å². The summed E-state index contributed by atoms with van der Waals surface area (Å²) in [5.74, 6) is -1.19. The van der Waals surface area contributed by atoms with Crippen molar-refractivity contribution in [3.8, 4) is 0 Å². The maximum absolute atomic E-state index is 13.2. The van der Waals surface area contributed by atoms with Gasteiger partial charge in [-0.1, -0.05) is 0 Å². The molecule has 1 aliphatic carbocycles. The van der Waals surface area contributed by atoms with Crippen molar-refractivity contribution in [1.29, 1.82) is 0 Å². The van der Waals surface area contributed by atoms with E-state index in [-0.39, 0.29) is 12.0 Å². The van der Waals surface area contributed by atoms with Crippen molar-refractivity contribution in [3.63, 3.8) is 0 Å². The first-order valence-electron chi connectivity index (χ1n) is 9.23. The molecule has 1 aliphatic rings. The van der Waals surface area contributed by atoms with Crippen molar-refractivity contribution < 1.29 is 22.8 Å². The maximum atomic E-state index is 13.2. The Kier molecular flexibility index (Phi) is 6.27. The molecule has 0 unspecified atom stereocenters. The molecule has 11 heteroatoms. The van der Waals surface area contributed by atoms with Crippen LogP contribution in [0.4, 0.5) is 18.2 Å². The van der Waals surface area contributed by atoms with Gasteiger partial charge in [-0.3, -0.25) is 14.3 Å². The predicted molar refractivity (Wildman–Crippen MR) is 103 cm³/mol. The molecule has 0 spiro atoms. The number of nitrogens with one attached hydrogen (secondary N) is 2. The van der Waals surface area contributed by atoms with Gasteiger partial charge >= 0.3 is 6.18 Å². The molecule has 2 aromatic heterocycles. The van der Waals surface area contributed by atoms with Crippen LogP contribution in [0.2, 0.25) is 0 Å². The molecule has 0 saturated heterocycles. The highest BCUT2D eigenvalue weighted by molar-refractivity contribution is 7.17. The number of aromatic nitrogens is 2. The Hall–Kier alpha value is -2.40. The lowest BCUT2D eigenvalue weighted by atomic mass is 9.95. The minimum atomic E-state index is -4.60. The number of nitrogens with zero attached hydrogens (tertiary/aromatic N) is 2. The van der Waals surface area contributed by atoms with E-state index < -0.39 is 30.2 Å². The third-order valence-corrected chi connectivity index (χ3v) is 5.93. The number of carbonyl (C=O) groups excluding carboxylic acids is 2. The van der Waals surface area contributed by atoms with Gasteiger partial charge in [0, 0.05) is 16.6 Å². The van der Waals surface area contributed by atoms with Crippen LogP contribution >= 0.6 is 11.3 Å². The summed E-state index contributed by atoms with van der Waals surface area (Å²) in [5, 5.41) is 9.33. The summed E-state index contributed by atoms with van der Waals surface area (Å²) in [6.45, 7) is -0.0485. The Bertz CT molecular complexity index is 919. The average Bonchev–Trinajstić information content (AvgIpc) is 3.20. The Morgan fingerprint density at radius 3 is 2.69 bits per heavy atom. The molecule has 4 N–H and O–H groups in total. The molecule has 0 radical (unpaired) electrons. The molecule has 0 aromatic carbocycles. The van der Waals surface area contributed by atoms with Gasteiger partial charge in [0.05, 0.1) is 5.56 Å². The van der Waals surface area contributed by atoms with Crippen LogP contribution in [-0.2, 0) is 36.8 Å². The number of anilines is 1. The number of amides is 2. The number of primary amides is 1. The summed E-state index contributed by atoms with van der Waals surface area (Å²) < 4.78 is 40.6. The Balaban J connectivity index is 1.79. The number of hydrogen-bond donors (Lipinski definition) is 3. The number of thiophene rings is 1. The highest BCUT2D eigenvalue weighted by Crippen LogP contribution is 2.38. The summed E-state index contributed by atoms with van der Waals surface area (Å²) in [6.07, 6.45) is 0.256. The van der Waals surface area contributed by atoms with Gasteiger partial charge in [0.2, 0.25) is 5.91 Å². The van der Waals surface area contributed by atoms with Gasteiger partial charge < -0.3 is 16.4 Å². The molecule has 7 nitrogen and oxygen atoms in total. The largest absolute Gasteiger partial charge is 0.435 e. The lowest BCUT2D eigenvalue weighted by Gasteiger charge is -2.11. The number of carbonyl (C=O) groups is 2. The fourth-order valence-electron chi connectivity index (χ4n) is 3.45. The molecule has 0 saturated carbocycles. The quantitative estimate of drug-likeness (QED) is 0.629. The first-order valence-corrected chi connectivity index (χ1v) is 10.0. The minimum Gasteiger partial charge on any atom is -0.365 e. The normalized spacial score (nSPS) is 13.9. The smallest absolute Gasteiger partial charge is 0.365 e. The number of fused-ring (bicyclic) bond motifs is 1. The summed E-state index contributed by atoms with van der Waals surface area (Å²) in [6, 6.07) is 0. The first-order chi connectivity index (χ1) is 13.7. The average molecular weight is 429 g/mol. The molecule has 158 valence electrons. The fraction of sp³-hybridized carbons (Fsp3) is 0.500. The second-order valence-electron chi connectivity index (χ2n) is 6.88. The number of rotatable bonds is 7. The van der Waals surface area contributed by atoms with E-state index in [1.807, 2.05) is 0 Å². The van der Waals surface area contributed by atoms with Crippen molar-refractivity contribution in [2.24, 2.45) is 5.73 Å². The standard InChI is InChI=1S/C18H22F3N5O2S/c1-23-7-6-10-8-26(25-15(10)18(19,20)21)9-13(27)24-17-14(16(22)28)11-4-2-3-5-12(11)29-17/h8,23H,2-7,9H2,1H3,(H2,22,28)(H,24,27). The van der Waals surface area contributed by atoms with E-state index in [0.717, 1.165) is 40.8 Å². The van der Waals surface area contributed by atoms with E-state index in [4.69, 9.17) is 5.73 Å². The van der Waals surface area contributed by atoms with Gasteiger partial charge in [0.1, 0.15) is 11.5 Å². The molecule has 2 amide bonds. The van der Waals surface area contributed by atoms with E-state index in [2.05, 4.69) is 15.7 Å². The van der Waals surface area contributed by atoms with E-state index in [1.54, 1.807) is 7.05 Å². The van der Waals surface area contributed by atoms with Crippen molar-refractivity contribution >= 4 is 28.2 Å². The Morgan fingerprint density at radius 2 is 2.03 bits per heavy atom. The van der Waals surface area contributed by atoms with E-state index in [0.29, 0.717) is 17.1 Å². The zero-order valence-corrected chi connectivity index (χ0v) is 16.7. The third kappa shape index (κ3) is 4.78. The second-order valence-corrected chi connectivity index (χ2v) is 7.98. The zero-order chi connectivity index (χ0) is 21.2. The molecular weight excluding hydrogens is 407 g/mol. The summed E-state index contributed by atoms with van der Waals surface area (Å²) in [7, 11) is 1.64. The number of halogens is 3. The van der Waals surface area contributed by atoms with Crippen LogP contribution in [0.1, 0.15) is 44.9 Å². The highest BCUT2D eigenvalue weighted by Gasteiger charge is 2.37. The van der Waals surface area contributed by atoms with Gasteiger partial charge in [-0.25, -0.2) is 0 Å². The van der Waals surface area contributed by atoms with Gasteiger partial charge in [-0.15, -0.1) is 11.3 Å². The highest BCUT2D eigenvalue weighted by atomic mass is 32.1. The van der Waals surface area contributed by atoms with Crippen LogP contribution in [0.5, 0.6) is 0 Å². The topological polar surface area (TPSA) is 102 Å². The number of aryl methyl sites for hydroxylation is 1. The summed E-state index contributed by atoms with van der Waals surface area (Å²) >= 11 is 1.30.